The minimum absolute atomic E-state index is 0.0165. The van der Waals surface area contributed by atoms with Gasteiger partial charge in [-0.1, -0.05) is 26.2 Å². The molecule has 0 unspecified atom stereocenters. The van der Waals surface area contributed by atoms with E-state index in [9.17, 15) is 14.4 Å². The van der Waals surface area contributed by atoms with Crippen LogP contribution in [0.1, 0.15) is 69.3 Å². The fraction of sp³-hybridized carbons (Fsp3) is 0.682. The number of nitrogens with zero attached hydrogens (tertiary/aromatic N) is 4. The molecule has 166 valence electrons. The van der Waals surface area contributed by atoms with Crippen LogP contribution < -0.4 is 0 Å². The summed E-state index contributed by atoms with van der Waals surface area (Å²) in [5, 5.41) is 0. The summed E-state index contributed by atoms with van der Waals surface area (Å²) in [5.41, 5.74) is 0.302. The largest absolute Gasteiger partial charge is 0.466 e. The Kier molecular flexibility index (Phi) is 10.2. The Morgan fingerprint density at radius 1 is 1.10 bits per heavy atom. The van der Waals surface area contributed by atoms with Gasteiger partial charge in [0.05, 0.1) is 18.7 Å². The van der Waals surface area contributed by atoms with E-state index in [1.165, 1.54) is 18.6 Å². The van der Waals surface area contributed by atoms with E-state index in [2.05, 4.69) is 16.9 Å². The second-order valence-electron chi connectivity index (χ2n) is 7.60. The third-order valence-electron chi connectivity index (χ3n) is 5.41. The number of hydrogen-bond donors (Lipinski definition) is 0. The third kappa shape index (κ3) is 7.39. The smallest absolute Gasteiger partial charge is 0.309 e. The van der Waals surface area contributed by atoms with Crippen molar-refractivity contribution < 1.29 is 19.1 Å². The van der Waals surface area contributed by atoms with Crippen molar-refractivity contribution in [2.24, 2.45) is 5.92 Å². The van der Waals surface area contributed by atoms with Crippen molar-refractivity contribution >= 4 is 17.8 Å². The zero-order chi connectivity index (χ0) is 21.8. The molecule has 8 nitrogen and oxygen atoms in total. The normalized spacial score (nSPS) is 14.4. The second-order valence-corrected chi connectivity index (χ2v) is 7.60. The van der Waals surface area contributed by atoms with Crippen molar-refractivity contribution in [1.29, 1.82) is 0 Å². The molecule has 1 fully saturated rings. The molecule has 30 heavy (non-hydrogen) atoms. The van der Waals surface area contributed by atoms with Gasteiger partial charge in [-0.15, -0.1) is 0 Å². The Labute approximate surface area is 179 Å². The molecule has 0 saturated carbocycles. The highest BCUT2D eigenvalue weighted by molar-refractivity contribution is 5.92. The average molecular weight is 419 g/mol. The van der Waals surface area contributed by atoms with Crippen LogP contribution in [0.3, 0.4) is 0 Å². The van der Waals surface area contributed by atoms with Gasteiger partial charge >= 0.3 is 5.97 Å². The van der Waals surface area contributed by atoms with Crippen LogP contribution in [-0.4, -0.2) is 70.3 Å². The molecule has 2 heterocycles. The van der Waals surface area contributed by atoms with Gasteiger partial charge in [-0.3, -0.25) is 19.4 Å². The van der Waals surface area contributed by atoms with Crippen LogP contribution in [-0.2, 0) is 14.3 Å². The van der Waals surface area contributed by atoms with E-state index < -0.39 is 0 Å². The van der Waals surface area contributed by atoms with Gasteiger partial charge in [0.1, 0.15) is 5.69 Å². The van der Waals surface area contributed by atoms with Gasteiger partial charge in [0, 0.05) is 45.0 Å². The number of likely N-dealkylation sites (tertiary alicyclic amines) is 1. The minimum atomic E-state index is -0.187. The first-order valence-corrected chi connectivity index (χ1v) is 11.1. The highest BCUT2D eigenvalue weighted by Crippen LogP contribution is 2.19. The van der Waals surface area contributed by atoms with Gasteiger partial charge in [0.15, 0.2) is 0 Å². The van der Waals surface area contributed by atoms with Gasteiger partial charge in [0.2, 0.25) is 5.91 Å². The molecule has 1 aromatic rings. The molecular weight excluding hydrogens is 384 g/mol. The lowest BCUT2D eigenvalue weighted by Gasteiger charge is -2.31. The van der Waals surface area contributed by atoms with Crippen LogP contribution in [0.15, 0.2) is 18.6 Å². The van der Waals surface area contributed by atoms with Crippen molar-refractivity contribution in [1.82, 2.24) is 19.8 Å². The molecular formula is C22H34N4O4. The Hall–Kier alpha value is -2.51. The monoisotopic (exact) mass is 418 g/mol. The number of carbonyl (C=O) groups excluding carboxylic acids is 3. The second kappa shape index (κ2) is 12.9. The first-order chi connectivity index (χ1) is 14.6. The quantitative estimate of drug-likeness (QED) is 0.405. The van der Waals surface area contributed by atoms with Crippen molar-refractivity contribution in [3.05, 3.63) is 24.3 Å². The molecule has 2 amide bonds. The molecule has 0 spiro atoms. The summed E-state index contributed by atoms with van der Waals surface area (Å²) in [5.74, 6) is -0.462. The van der Waals surface area contributed by atoms with E-state index in [4.69, 9.17) is 4.74 Å². The topological polar surface area (TPSA) is 92.7 Å². The fourth-order valence-corrected chi connectivity index (χ4v) is 3.63. The van der Waals surface area contributed by atoms with E-state index in [1.807, 2.05) is 0 Å². The lowest BCUT2D eigenvalue weighted by Crippen LogP contribution is -2.42. The van der Waals surface area contributed by atoms with Crippen molar-refractivity contribution in [2.75, 3.05) is 32.8 Å². The van der Waals surface area contributed by atoms with Gasteiger partial charge in [-0.25, -0.2) is 4.98 Å². The molecule has 1 aromatic heterocycles. The zero-order valence-electron chi connectivity index (χ0n) is 18.2. The van der Waals surface area contributed by atoms with Gasteiger partial charge < -0.3 is 14.5 Å². The van der Waals surface area contributed by atoms with Crippen LogP contribution in [0.4, 0.5) is 0 Å². The Balaban J connectivity index is 1.87. The summed E-state index contributed by atoms with van der Waals surface area (Å²) in [6.07, 6.45) is 10.2. The van der Waals surface area contributed by atoms with E-state index in [0.29, 0.717) is 51.3 Å². The summed E-state index contributed by atoms with van der Waals surface area (Å²) >= 11 is 0. The Morgan fingerprint density at radius 2 is 1.87 bits per heavy atom. The lowest BCUT2D eigenvalue weighted by molar-refractivity contribution is -0.151. The molecule has 0 bridgehead atoms. The number of hydrogen-bond acceptors (Lipinski definition) is 6. The maximum Gasteiger partial charge on any atom is 0.309 e. The Morgan fingerprint density at radius 3 is 2.50 bits per heavy atom. The van der Waals surface area contributed by atoms with Crippen LogP contribution in [0.2, 0.25) is 0 Å². The standard InChI is InChI=1S/C22H34N4O4/c1-3-5-6-7-13-26(21(28)19-17-23-11-12-24-19)16-10-20(27)25-14-8-18(9-15-25)22(29)30-4-2/h11-12,17-18H,3-10,13-16H2,1-2H3. The molecule has 0 N–H and O–H groups in total. The first-order valence-electron chi connectivity index (χ1n) is 11.1. The molecule has 0 aliphatic carbocycles. The molecule has 0 radical (unpaired) electrons. The van der Waals surface area contributed by atoms with E-state index in [-0.39, 0.29) is 30.1 Å². The number of amides is 2. The number of rotatable bonds is 11. The number of unbranched alkanes of at least 4 members (excludes halogenated alkanes) is 3. The van der Waals surface area contributed by atoms with Crippen molar-refractivity contribution in [3.63, 3.8) is 0 Å². The van der Waals surface area contributed by atoms with E-state index in [1.54, 1.807) is 16.7 Å². The number of esters is 1. The summed E-state index contributed by atoms with van der Waals surface area (Å²) in [4.78, 5) is 49.0. The molecule has 1 saturated heterocycles. The lowest BCUT2D eigenvalue weighted by atomic mass is 9.97. The molecule has 0 aromatic carbocycles. The maximum absolute atomic E-state index is 12.8. The SMILES string of the molecule is CCCCCCN(CCC(=O)N1CCC(C(=O)OCC)CC1)C(=O)c1cnccn1. The molecule has 0 atom stereocenters. The predicted octanol–water partition coefficient (Wildman–Crippen LogP) is 2.69. The summed E-state index contributed by atoms with van der Waals surface area (Å²) in [6.45, 7) is 6.39. The average Bonchev–Trinajstić information content (AvgIpc) is 2.79. The van der Waals surface area contributed by atoms with E-state index >= 15 is 0 Å². The summed E-state index contributed by atoms with van der Waals surface area (Å²) in [7, 11) is 0. The predicted molar refractivity (Wildman–Crippen MR) is 113 cm³/mol. The first kappa shape index (κ1) is 23.8. The zero-order valence-corrected chi connectivity index (χ0v) is 18.2. The van der Waals surface area contributed by atoms with Crippen molar-refractivity contribution in [3.8, 4) is 0 Å². The van der Waals surface area contributed by atoms with Crippen LogP contribution in [0, 0.1) is 5.92 Å². The fourth-order valence-electron chi connectivity index (χ4n) is 3.63. The summed E-state index contributed by atoms with van der Waals surface area (Å²) in [6, 6.07) is 0. The molecule has 2 rings (SSSR count). The molecule has 1 aliphatic heterocycles. The highest BCUT2D eigenvalue weighted by Gasteiger charge is 2.28. The van der Waals surface area contributed by atoms with Gasteiger partial charge in [-0.2, -0.15) is 0 Å². The summed E-state index contributed by atoms with van der Waals surface area (Å²) < 4.78 is 5.08. The van der Waals surface area contributed by atoms with Gasteiger partial charge in [-0.05, 0) is 26.2 Å². The maximum atomic E-state index is 12.8. The Bertz CT molecular complexity index is 675. The highest BCUT2D eigenvalue weighted by atomic mass is 16.5. The van der Waals surface area contributed by atoms with Crippen molar-refractivity contribution in [2.45, 2.75) is 58.8 Å². The van der Waals surface area contributed by atoms with Gasteiger partial charge in [0.25, 0.3) is 5.91 Å². The number of carbonyl (C=O) groups is 3. The van der Waals surface area contributed by atoms with Crippen LogP contribution >= 0.6 is 0 Å². The number of piperidine rings is 1. The number of ether oxygens (including phenoxy) is 1. The van der Waals surface area contributed by atoms with Crippen LogP contribution in [0.25, 0.3) is 0 Å². The molecule has 1 aliphatic rings. The number of aromatic nitrogens is 2. The van der Waals surface area contributed by atoms with Crippen LogP contribution in [0.5, 0.6) is 0 Å². The minimum Gasteiger partial charge on any atom is -0.466 e. The van der Waals surface area contributed by atoms with E-state index in [0.717, 1.165) is 25.7 Å². The molecule has 8 heteroatoms. The third-order valence-corrected chi connectivity index (χ3v) is 5.41.